The summed E-state index contributed by atoms with van der Waals surface area (Å²) in [6.45, 7) is 4.88. The Hall–Kier alpha value is -3.28. The number of nitrogens with two attached hydrogens (primary N) is 1. The van der Waals surface area contributed by atoms with E-state index in [4.69, 9.17) is 10.5 Å². The van der Waals surface area contributed by atoms with Crippen LogP contribution in [-0.2, 0) is 11.8 Å². The molecule has 0 aliphatic rings. The number of hydrogen-bond donors (Lipinski definition) is 2. The fraction of sp³-hybridized carbons (Fsp3) is 0.375. The lowest BCUT2D eigenvalue weighted by Gasteiger charge is -2.07. The van der Waals surface area contributed by atoms with Crippen LogP contribution in [-0.4, -0.2) is 39.1 Å². The maximum Gasteiger partial charge on any atom is 0.341 e. The van der Waals surface area contributed by atoms with Crippen molar-refractivity contribution in [3.8, 4) is 0 Å². The number of carbonyl (C=O) groups is 3. The van der Waals surface area contributed by atoms with Gasteiger partial charge in [-0.05, 0) is 25.8 Å². The molecule has 0 saturated heterocycles. The molecular formula is C16H19N5O6S. The molecule has 0 aliphatic carbocycles. The largest absolute Gasteiger partial charge is 0.462 e. The molecule has 0 spiro atoms. The number of rotatable bonds is 7. The molecule has 0 aromatic carbocycles. The Morgan fingerprint density at radius 1 is 1.36 bits per heavy atom. The van der Waals surface area contributed by atoms with Crippen LogP contribution < -0.4 is 11.1 Å². The molecule has 0 fully saturated rings. The molecule has 2 rings (SSSR count). The Balaban J connectivity index is 2.50. The van der Waals surface area contributed by atoms with Crippen LogP contribution >= 0.6 is 11.3 Å². The van der Waals surface area contributed by atoms with Crippen molar-refractivity contribution in [3.05, 3.63) is 37.5 Å². The van der Waals surface area contributed by atoms with E-state index in [0.29, 0.717) is 6.42 Å². The van der Waals surface area contributed by atoms with Crippen LogP contribution in [0.2, 0.25) is 0 Å². The lowest BCUT2D eigenvalue weighted by Crippen LogP contribution is -2.19. The lowest BCUT2D eigenvalue weighted by atomic mass is 10.1. The fourth-order valence-electron chi connectivity index (χ4n) is 2.63. The zero-order valence-electron chi connectivity index (χ0n) is 15.7. The van der Waals surface area contributed by atoms with Gasteiger partial charge in [-0.3, -0.25) is 24.4 Å². The van der Waals surface area contributed by atoms with Gasteiger partial charge in [0.1, 0.15) is 10.7 Å². The summed E-state index contributed by atoms with van der Waals surface area (Å²) in [7, 11) is 1.39. The van der Waals surface area contributed by atoms with Crippen LogP contribution in [0, 0.1) is 24.0 Å². The van der Waals surface area contributed by atoms with E-state index >= 15 is 0 Å². The highest BCUT2D eigenvalue weighted by Gasteiger charge is 2.32. The van der Waals surface area contributed by atoms with Gasteiger partial charge in [-0.2, -0.15) is 5.10 Å². The van der Waals surface area contributed by atoms with Crippen molar-refractivity contribution in [2.75, 3.05) is 11.9 Å². The Bertz CT molecular complexity index is 977. The number of aromatic nitrogens is 2. The topological polar surface area (TPSA) is 159 Å². The second-order valence-electron chi connectivity index (χ2n) is 5.88. The number of anilines is 1. The summed E-state index contributed by atoms with van der Waals surface area (Å²) in [5.74, 6) is -2.35. The number of esters is 1. The second kappa shape index (κ2) is 8.17. The molecule has 0 aliphatic heterocycles. The zero-order chi connectivity index (χ0) is 21.2. The summed E-state index contributed by atoms with van der Waals surface area (Å²) >= 11 is 0.799. The van der Waals surface area contributed by atoms with Crippen LogP contribution in [0.3, 0.4) is 0 Å². The van der Waals surface area contributed by atoms with Crippen LogP contribution in [0.25, 0.3) is 0 Å². The highest BCUT2D eigenvalue weighted by atomic mass is 32.1. The average molecular weight is 409 g/mol. The van der Waals surface area contributed by atoms with Gasteiger partial charge in [-0.15, -0.1) is 11.3 Å². The maximum atomic E-state index is 12.7. The molecule has 2 aromatic rings. The minimum atomic E-state index is -0.850. The molecule has 12 heteroatoms. The number of nitrogens with zero attached hydrogens (tertiary/aromatic N) is 3. The third-order valence-corrected chi connectivity index (χ3v) is 5.05. The van der Waals surface area contributed by atoms with Gasteiger partial charge in [0.25, 0.3) is 11.8 Å². The number of carbonyl (C=O) groups excluding carboxylic acids is 3. The van der Waals surface area contributed by atoms with Crippen LogP contribution in [0.4, 0.5) is 10.7 Å². The summed E-state index contributed by atoms with van der Waals surface area (Å²) in [6, 6.07) is 0. The van der Waals surface area contributed by atoms with Crippen molar-refractivity contribution in [3.63, 3.8) is 0 Å². The van der Waals surface area contributed by atoms with E-state index in [-0.39, 0.29) is 39.0 Å². The molecular weight excluding hydrogens is 390 g/mol. The SMILES string of the molecule is CCCOC(=O)c1c(NC(=O)c2c([N+](=O)[O-])c(C)nn2C)sc(C(N)=O)c1C. The number of aryl methyl sites for hydroxylation is 2. The minimum absolute atomic E-state index is 0.0119. The van der Waals surface area contributed by atoms with Crippen molar-refractivity contribution in [1.29, 1.82) is 0 Å². The van der Waals surface area contributed by atoms with Crippen LogP contribution in [0.15, 0.2) is 0 Å². The minimum Gasteiger partial charge on any atom is -0.462 e. The van der Waals surface area contributed by atoms with Crippen LogP contribution in [0.5, 0.6) is 0 Å². The van der Waals surface area contributed by atoms with Gasteiger partial charge >= 0.3 is 11.7 Å². The molecule has 2 heterocycles. The van der Waals surface area contributed by atoms with E-state index in [0.717, 1.165) is 16.0 Å². The first-order chi connectivity index (χ1) is 13.1. The van der Waals surface area contributed by atoms with E-state index in [9.17, 15) is 24.5 Å². The molecule has 0 unspecified atom stereocenters. The molecule has 11 nitrogen and oxygen atoms in total. The highest BCUT2D eigenvalue weighted by molar-refractivity contribution is 7.18. The molecule has 28 heavy (non-hydrogen) atoms. The zero-order valence-corrected chi connectivity index (χ0v) is 16.5. The summed E-state index contributed by atoms with van der Waals surface area (Å²) in [4.78, 5) is 47.4. The van der Waals surface area contributed by atoms with Gasteiger partial charge in [-0.25, -0.2) is 4.79 Å². The van der Waals surface area contributed by atoms with E-state index < -0.39 is 28.4 Å². The third-order valence-electron chi connectivity index (χ3n) is 3.83. The summed E-state index contributed by atoms with van der Waals surface area (Å²) in [5.41, 5.74) is 4.92. The van der Waals surface area contributed by atoms with Gasteiger partial charge < -0.3 is 15.8 Å². The fourth-order valence-corrected chi connectivity index (χ4v) is 3.67. The highest BCUT2D eigenvalue weighted by Crippen LogP contribution is 2.34. The Morgan fingerprint density at radius 3 is 2.54 bits per heavy atom. The number of nitro groups is 1. The van der Waals surface area contributed by atoms with Gasteiger partial charge in [0.05, 0.1) is 22.0 Å². The van der Waals surface area contributed by atoms with Gasteiger partial charge in [-0.1, -0.05) is 6.92 Å². The molecule has 0 radical (unpaired) electrons. The molecule has 0 saturated carbocycles. The van der Waals surface area contributed by atoms with Crippen molar-refractivity contribution >= 4 is 39.8 Å². The van der Waals surface area contributed by atoms with Crippen LogP contribution in [0.1, 0.15) is 55.1 Å². The monoisotopic (exact) mass is 409 g/mol. The second-order valence-corrected chi connectivity index (χ2v) is 6.90. The molecule has 150 valence electrons. The van der Waals surface area contributed by atoms with Gasteiger partial charge in [0, 0.05) is 7.05 Å². The normalized spacial score (nSPS) is 10.6. The first-order valence-corrected chi connectivity index (χ1v) is 9.01. The van der Waals surface area contributed by atoms with Gasteiger partial charge in [0.15, 0.2) is 0 Å². The quantitative estimate of drug-likeness (QED) is 0.401. The Labute approximate surface area is 163 Å². The van der Waals surface area contributed by atoms with Crippen molar-refractivity contribution in [2.45, 2.75) is 27.2 Å². The van der Waals surface area contributed by atoms with E-state index in [1.807, 2.05) is 6.92 Å². The van der Waals surface area contributed by atoms with Crippen molar-refractivity contribution in [1.82, 2.24) is 9.78 Å². The van der Waals surface area contributed by atoms with Crippen molar-refractivity contribution < 1.29 is 24.0 Å². The maximum absolute atomic E-state index is 12.7. The van der Waals surface area contributed by atoms with Crippen molar-refractivity contribution in [2.24, 2.45) is 12.8 Å². The van der Waals surface area contributed by atoms with E-state index in [1.165, 1.54) is 20.9 Å². The van der Waals surface area contributed by atoms with E-state index in [1.54, 1.807) is 0 Å². The first kappa shape index (κ1) is 21.0. The van der Waals surface area contributed by atoms with E-state index in [2.05, 4.69) is 10.4 Å². The first-order valence-electron chi connectivity index (χ1n) is 8.19. The molecule has 2 aromatic heterocycles. The average Bonchev–Trinajstić information content (AvgIpc) is 3.08. The molecule has 0 bridgehead atoms. The third kappa shape index (κ3) is 3.86. The predicted octanol–water partition coefficient (Wildman–Crippen LogP) is 1.92. The number of hydrogen-bond acceptors (Lipinski definition) is 8. The summed E-state index contributed by atoms with van der Waals surface area (Å²) < 4.78 is 6.18. The summed E-state index contributed by atoms with van der Waals surface area (Å²) in [5, 5.41) is 17.7. The molecule has 0 atom stereocenters. The lowest BCUT2D eigenvalue weighted by molar-refractivity contribution is -0.385. The van der Waals surface area contributed by atoms with Gasteiger partial charge in [0.2, 0.25) is 5.69 Å². The molecule has 3 N–H and O–H groups in total. The Kier molecular flexibility index (Phi) is 6.13. The number of thiophene rings is 1. The standard InChI is InChI=1S/C16H19N5O6S/c1-5-6-27-16(24)9-7(2)12(13(17)22)28-15(9)18-14(23)11-10(21(25)26)8(3)19-20(11)4/h5-6H2,1-4H3,(H2,17,22)(H,18,23). The Morgan fingerprint density at radius 2 is 2.00 bits per heavy atom. The number of ether oxygens (including phenoxy) is 1. The smallest absolute Gasteiger partial charge is 0.341 e. The molecule has 2 amide bonds. The predicted molar refractivity (Wildman–Crippen MR) is 101 cm³/mol. The number of nitrogens with one attached hydrogen (secondary N) is 1. The summed E-state index contributed by atoms with van der Waals surface area (Å²) in [6.07, 6.45) is 0.583. The number of primary amides is 1. The number of amides is 2.